The van der Waals surface area contributed by atoms with Gasteiger partial charge in [0.1, 0.15) is 0 Å². The van der Waals surface area contributed by atoms with Crippen molar-refractivity contribution in [1.82, 2.24) is 0 Å². The Hall–Kier alpha value is -7.99. The first kappa shape index (κ1) is 36.8. The lowest BCUT2D eigenvalue weighted by Gasteiger charge is -2.45. The van der Waals surface area contributed by atoms with E-state index in [1.807, 2.05) is 12.2 Å². The zero-order valence-corrected chi connectivity index (χ0v) is 35.2. The number of allylic oxidation sites excluding steroid dienone is 4. The number of fused-ring (bicyclic) bond motifs is 13. The van der Waals surface area contributed by atoms with E-state index in [0.717, 1.165) is 23.5 Å². The summed E-state index contributed by atoms with van der Waals surface area (Å²) in [6.07, 6.45) is 4.84. The van der Waals surface area contributed by atoms with E-state index >= 15 is 0 Å². The number of rotatable bonds is 5. The number of hydrogen-bond donors (Lipinski definition) is 0. The SMILES string of the molecule is CC/C=C(C#N)\C=C(/C)N1c2ccccc2C2(c3cc(-c4c5ccccc5cc5ccccc45)ccc3-c3ccc(-c4c5ccccc5cc5ccccc45)cc32)c2ccccc21. The molecule has 0 atom stereocenters. The monoisotopic (exact) mass is 802 g/mol. The van der Waals surface area contributed by atoms with E-state index in [1.54, 1.807) is 0 Å². The molecule has 2 nitrogen and oxygen atoms in total. The van der Waals surface area contributed by atoms with E-state index in [4.69, 9.17) is 0 Å². The maximum atomic E-state index is 10.2. The first-order chi connectivity index (χ1) is 31.1. The van der Waals surface area contributed by atoms with Gasteiger partial charge < -0.3 is 4.90 Å². The summed E-state index contributed by atoms with van der Waals surface area (Å²) in [5, 5.41) is 20.1. The lowest BCUT2D eigenvalue weighted by atomic mass is 9.64. The molecule has 0 aromatic heterocycles. The van der Waals surface area contributed by atoms with Gasteiger partial charge in [-0.05, 0) is 155 Å². The number of para-hydroxylation sites is 2. The van der Waals surface area contributed by atoms with E-state index in [1.165, 1.54) is 98.7 Å². The quantitative estimate of drug-likeness (QED) is 0.0984. The third kappa shape index (κ3) is 5.37. The van der Waals surface area contributed by atoms with Crippen molar-refractivity contribution in [2.45, 2.75) is 25.7 Å². The maximum absolute atomic E-state index is 10.2. The van der Waals surface area contributed by atoms with Gasteiger partial charge in [-0.2, -0.15) is 5.26 Å². The molecule has 12 rings (SSSR count). The highest BCUT2D eigenvalue weighted by molar-refractivity contribution is 6.15. The van der Waals surface area contributed by atoms with Gasteiger partial charge in [-0.3, -0.25) is 0 Å². The van der Waals surface area contributed by atoms with Crippen molar-refractivity contribution in [2.24, 2.45) is 0 Å². The number of nitriles is 1. The van der Waals surface area contributed by atoms with E-state index < -0.39 is 5.41 Å². The Bertz CT molecular complexity index is 3330. The number of nitrogens with zero attached hydrogens (tertiary/aromatic N) is 2. The van der Waals surface area contributed by atoms with Crippen molar-refractivity contribution in [2.75, 3.05) is 4.90 Å². The smallest absolute Gasteiger partial charge is 0.0988 e. The fourth-order valence-electron chi connectivity index (χ4n) is 11.1. The highest BCUT2D eigenvalue weighted by atomic mass is 15.2. The molecule has 0 fully saturated rings. The summed E-state index contributed by atoms with van der Waals surface area (Å²) in [6.45, 7) is 4.21. The van der Waals surface area contributed by atoms with Crippen LogP contribution in [0.2, 0.25) is 0 Å². The normalized spacial score (nSPS) is 13.9. The third-order valence-corrected chi connectivity index (χ3v) is 13.6. The van der Waals surface area contributed by atoms with Crippen LogP contribution in [-0.2, 0) is 5.41 Å². The highest BCUT2D eigenvalue weighted by Gasteiger charge is 2.52. The van der Waals surface area contributed by atoms with E-state index in [2.05, 4.69) is 219 Å². The predicted molar refractivity (Wildman–Crippen MR) is 265 cm³/mol. The number of anilines is 2. The van der Waals surface area contributed by atoms with Crippen molar-refractivity contribution >= 4 is 54.5 Å². The molecule has 63 heavy (non-hydrogen) atoms. The largest absolute Gasteiger partial charge is 0.314 e. The second-order valence-corrected chi connectivity index (χ2v) is 17.0. The number of hydrogen-bond acceptors (Lipinski definition) is 2. The van der Waals surface area contributed by atoms with Crippen LogP contribution < -0.4 is 4.90 Å². The van der Waals surface area contributed by atoms with E-state index in [9.17, 15) is 5.26 Å². The maximum Gasteiger partial charge on any atom is 0.0988 e. The van der Waals surface area contributed by atoms with Crippen LogP contribution in [0, 0.1) is 11.3 Å². The molecular weight excluding hydrogens is 761 g/mol. The van der Waals surface area contributed by atoms with Crippen molar-refractivity contribution < 1.29 is 0 Å². The Balaban J connectivity index is 1.21. The third-order valence-electron chi connectivity index (χ3n) is 13.6. The summed E-state index contributed by atoms with van der Waals surface area (Å²) in [5.41, 5.74) is 15.6. The Labute approximate surface area is 367 Å². The molecule has 296 valence electrons. The lowest BCUT2D eigenvalue weighted by Crippen LogP contribution is -2.37. The van der Waals surface area contributed by atoms with Crippen molar-refractivity contribution in [1.29, 1.82) is 5.26 Å². The minimum Gasteiger partial charge on any atom is -0.314 e. The van der Waals surface area contributed by atoms with Crippen molar-refractivity contribution in [3.63, 3.8) is 0 Å². The van der Waals surface area contributed by atoms with Gasteiger partial charge in [-0.25, -0.2) is 0 Å². The molecule has 0 bridgehead atoms. The molecule has 0 saturated heterocycles. The fraction of sp³-hybridized carbons (Fsp3) is 0.0656. The number of benzene rings is 10. The van der Waals surface area contributed by atoms with Gasteiger partial charge in [0.05, 0.1) is 22.9 Å². The fourth-order valence-corrected chi connectivity index (χ4v) is 11.1. The Morgan fingerprint density at radius 3 is 1.30 bits per heavy atom. The molecule has 1 heterocycles. The van der Waals surface area contributed by atoms with Gasteiger partial charge in [0.15, 0.2) is 0 Å². The molecule has 10 aromatic carbocycles. The van der Waals surface area contributed by atoms with Gasteiger partial charge >= 0.3 is 0 Å². The zero-order chi connectivity index (χ0) is 42.2. The van der Waals surface area contributed by atoms with Crippen molar-refractivity contribution in [3.8, 4) is 39.4 Å². The molecule has 0 unspecified atom stereocenters. The molecule has 1 aliphatic heterocycles. The summed E-state index contributed by atoms with van der Waals surface area (Å²) in [7, 11) is 0. The first-order valence-corrected chi connectivity index (χ1v) is 22.0. The topological polar surface area (TPSA) is 27.0 Å². The van der Waals surface area contributed by atoms with Crippen LogP contribution in [0.25, 0.3) is 76.5 Å². The highest BCUT2D eigenvalue weighted by Crippen LogP contribution is 2.64. The van der Waals surface area contributed by atoms with Crippen LogP contribution in [0.1, 0.15) is 42.5 Å². The summed E-state index contributed by atoms with van der Waals surface area (Å²) < 4.78 is 0. The minimum atomic E-state index is -0.682. The lowest BCUT2D eigenvalue weighted by molar-refractivity contribution is 0.748. The van der Waals surface area contributed by atoms with Gasteiger partial charge in [0.2, 0.25) is 0 Å². The van der Waals surface area contributed by atoms with Gasteiger partial charge in [0.25, 0.3) is 0 Å². The molecule has 1 aliphatic carbocycles. The van der Waals surface area contributed by atoms with Crippen LogP contribution in [0.3, 0.4) is 0 Å². The average Bonchev–Trinajstić information content (AvgIpc) is 3.61. The van der Waals surface area contributed by atoms with Crippen molar-refractivity contribution in [3.05, 3.63) is 240 Å². The second kappa shape index (κ2) is 14.3. The van der Waals surface area contributed by atoms with Gasteiger partial charge in [-0.1, -0.05) is 171 Å². The van der Waals surface area contributed by atoms with Crippen LogP contribution in [0.4, 0.5) is 11.4 Å². The molecule has 0 saturated carbocycles. The zero-order valence-electron chi connectivity index (χ0n) is 35.2. The average molecular weight is 803 g/mol. The Kier molecular flexibility index (Phi) is 8.36. The summed E-state index contributed by atoms with van der Waals surface area (Å²) in [4.78, 5) is 2.37. The van der Waals surface area contributed by atoms with E-state index in [-0.39, 0.29) is 0 Å². The van der Waals surface area contributed by atoms with Crippen LogP contribution >= 0.6 is 0 Å². The summed E-state index contributed by atoms with van der Waals surface area (Å²) in [5.74, 6) is 0. The summed E-state index contributed by atoms with van der Waals surface area (Å²) >= 11 is 0. The molecule has 0 radical (unpaired) electrons. The molecule has 2 heteroatoms. The van der Waals surface area contributed by atoms with Crippen LogP contribution in [0.5, 0.6) is 0 Å². The minimum absolute atomic E-state index is 0.667. The van der Waals surface area contributed by atoms with Crippen LogP contribution in [0.15, 0.2) is 218 Å². The van der Waals surface area contributed by atoms with Gasteiger partial charge in [-0.15, -0.1) is 0 Å². The second-order valence-electron chi connectivity index (χ2n) is 17.0. The molecule has 0 N–H and O–H groups in total. The summed E-state index contributed by atoms with van der Waals surface area (Å²) in [6, 6.07) is 74.8. The predicted octanol–water partition coefficient (Wildman–Crippen LogP) is 16.2. The standard InChI is InChI=1S/C61H42N2/c1-3-16-40(38-62)33-39(2)63-57-27-14-12-25-53(57)61(54-26-13-15-28-58(54)63)55-36-45(59-47-21-8-4-17-41(47)34-42-18-5-9-22-48(42)59)29-31-51(55)52-32-30-46(37-56(52)61)60-49-23-10-6-19-43(49)35-44-20-7-11-24-50(44)60/h4-37H,3H2,1-2H3/b39-33+,40-16+. The molecule has 1 spiro atoms. The molecule has 10 aromatic rings. The Morgan fingerprint density at radius 2 is 0.889 bits per heavy atom. The molecule has 0 amide bonds. The molecular formula is C61H42N2. The molecule has 2 aliphatic rings. The van der Waals surface area contributed by atoms with Crippen LogP contribution in [-0.4, -0.2) is 0 Å². The first-order valence-electron chi connectivity index (χ1n) is 22.0. The Morgan fingerprint density at radius 1 is 0.492 bits per heavy atom. The van der Waals surface area contributed by atoms with E-state index in [0.29, 0.717) is 5.57 Å². The van der Waals surface area contributed by atoms with Gasteiger partial charge in [0, 0.05) is 11.3 Å².